The average Bonchev–Trinajstić information content (AvgIpc) is 2.53. The summed E-state index contributed by atoms with van der Waals surface area (Å²) in [5.41, 5.74) is -1.46. The molecule has 0 aromatic heterocycles. The Morgan fingerprint density at radius 3 is 1.80 bits per heavy atom. The molecule has 0 N–H and O–H groups in total. The second-order valence-electron chi connectivity index (χ2n) is 7.25. The van der Waals surface area contributed by atoms with E-state index in [-0.39, 0.29) is 11.8 Å². The first kappa shape index (κ1) is 20.4. The Bertz CT molecular complexity index is 575. The van der Waals surface area contributed by atoms with E-state index in [9.17, 15) is 4.57 Å². The van der Waals surface area contributed by atoms with E-state index in [1.54, 1.807) is 0 Å². The summed E-state index contributed by atoms with van der Waals surface area (Å²) in [7, 11) is -3.76. The molecule has 0 amide bonds. The third-order valence-corrected chi connectivity index (χ3v) is 6.78. The molecule has 0 saturated carbocycles. The Morgan fingerprint density at radius 1 is 0.920 bits per heavy atom. The molecule has 0 heterocycles. The van der Waals surface area contributed by atoms with Crippen LogP contribution in [0.2, 0.25) is 0 Å². The van der Waals surface area contributed by atoms with Crippen LogP contribution in [-0.4, -0.2) is 17.8 Å². The van der Waals surface area contributed by atoms with Gasteiger partial charge >= 0.3 is 7.82 Å². The molecule has 0 fully saturated rings. The molecule has 5 heteroatoms. The average molecular weight is 366 g/mol. The van der Waals surface area contributed by atoms with Gasteiger partial charge in [0.1, 0.15) is 11.2 Å². The minimum atomic E-state index is -3.76. The maximum absolute atomic E-state index is 13.5. The number of hydrogen-bond acceptors (Lipinski definition) is 4. The van der Waals surface area contributed by atoms with Gasteiger partial charge in [-0.25, -0.2) is 4.57 Å². The lowest BCUT2D eigenvalue weighted by atomic mass is 9.87. The number of unbranched alkanes of at least 4 members (excludes halogenated alkanes) is 1. The molecule has 0 aliphatic heterocycles. The first-order valence-electron chi connectivity index (χ1n) is 9.11. The van der Waals surface area contributed by atoms with Crippen LogP contribution in [0.15, 0.2) is 48.6 Å². The first-order valence-corrected chi connectivity index (χ1v) is 10.6. The van der Waals surface area contributed by atoms with Crippen molar-refractivity contribution in [2.45, 2.75) is 58.7 Å². The van der Waals surface area contributed by atoms with Crippen LogP contribution in [0.4, 0.5) is 0 Å². The highest BCUT2D eigenvalue weighted by Crippen LogP contribution is 2.58. The van der Waals surface area contributed by atoms with Gasteiger partial charge in [0, 0.05) is 11.8 Å². The second kappa shape index (κ2) is 8.18. The fraction of sp³-hybridized carbons (Fsp3) is 0.600. The van der Waals surface area contributed by atoms with Gasteiger partial charge in [0.15, 0.2) is 0 Å². The molecule has 140 valence electrons. The number of phosphoric acid groups is 1. The van der Waals surface area contributed by atoms with Gasteiger partial charge in [0.25, 0.3) is 0 Å². The van der Waals surface area contributed by atoms with Gasteiger partial charge in [-0.2, -0.15) is 0 Å². The minimum absolute atomic E-state index is 0.0659. The summed E-state index contributed by atoms with van der Waals surface area (Å²) in [5.74, 6) is 0.132. The Kier molecular flexibility index (Phi) is 6.67. The van der Waals surface area contributed by atoms with E-state index >= 15 is 0 Å². The summed E-state index contributed by atoms with van der Waals surface area (Å²) >= 11 is 0. The van der Waals surface area contributed by atoms with E-state index in [1.807, 2.05) is 76.3 Å². The van der Waals surface area contributed by atoms with Crippen LogP contribution >= 0.6 is 7.82 Å². The van der Waals surface area contributed by atoms with Crippen molar-refractivity contribution < 1.29 is 18.1 Å². The van der Waals surface area contributed by atoms with Gasteiger partial charge in [-0.3, -0.25) is 13.6 Å². The van der Waals surface area contributed by atoms with Gasteiger partial charge in [0.2, 0.25) is 0 Å². The van der Waals surface area contributed by atoms with E-state index in [0.717, 1.165) is 12.8 Å². The van der Waals surface area contributed by atoms with Crippen molar-refractivity contribution in [1.82, 2.24) is 0 Å². The Labute approximate surface area is 152 Å². The second-order valence-corrected chi connectivity index (χ2v) is 8.77. The summed E-state index contributed by atoms with van der Waals surface area (Å²) in [6.45, 7) is 10.3. The molecule has 0 spiro atoms. The molecule has 2 rings (SSSR count). The Hall–Kier alpha value is -0.930. The molecule has 2 aliphatic rings. The van der Waals surface area contributed by atoms with Crippen molar-refractivity contribution in [2.75, 3.05) is 6.61 Å². The van der Waals surface area contributed by atoms with Crippen LogP contribution in [-0.2, 0) is 18.1 Å². The summed E-state index contributed by atoms with van der Waals surface area (Å²) < 4.78 is 31.4. The van der Waals surface area contributed by atoms with Gasteiger partial charge in [-0.1, -0.05) is 75.8 Å². The smallest absolute Gasteiger partial charge is 0.287 e. The molecule has 0 bridgehead atoms. The zero-order chi connectivity index (χ0) is 18.6. The van der Waals surface area contributed by atoms with Crippen molar-refractivity contribution in [1.29, 1.82) is 0 Å². The zero-order valence-corrected chi connectivity index (χ0v) is 16.9. The minimum Gasteiger partial charge on any atom is -0.287 e. The topological polar surface area (TPSA) is 44.8 Å². The maximum Gasteiger partial charge on any atom is 0.476 e. The molecular formula is C20H31O4P. The van der Waals surface area contributed by atoms with Crippen LogP contribution in [0.3, 0.4) is 0 Å². The Morgan fingerprint density at radius 2 is 1.40 bits per heavy atom. The summed E-state index contributed by atoms with van der Waals surface area (Å²) in [5, 5.41) is 0. The van der Waals surface area contributed by atoms with Crippen molar-refractivity contribution in [2.24, 2.45) is 11.8 Å². The first-order chi connectivity index (χ1) is 11.7. The SMILES string of the molecule is CCCCOP(=O)(OC1(C)C=CC=CC1C)OC1(C)C=CC=CC1C. The van der Waals surface area contributed by atoms with E-state index in [4.69, 9.17) is 13.6 Å². The fourth-order valence-electron chi connectivity index (χ4n) is 2.74. The Balaban J connectivity index is 2.23. The molecule has 4 atom stereocenters. The molecule has 2 aliphatic carbocycles. The van der Waals surface area contributed by atoms with Crippen molar-refractivity contribution in [3.8, 4) is 0 Å². The zero-order valence-electron chi connectivity index (χ0n) is 16.0. The van der Waals surface area contributed by atoms with E-state index < -0.39 is 19.0 Å². The highest BCUT2D eigenvalue weighted by molar-refractivity contribution is 7.48. The lowest BCUT2D eigenvalue weighted by Gasteiger charge is -2.40. The monoisotopic (exact) mass is 366 g/mol. The molecule has 25 heavy (non-hydrogen) atoms. The number of rotatable bonds is 8. The van der Waals surface area contributed by atoms with Crippen LogP contribution < -0.4 is 0 Å². The fourth-order valence-corrected chi connectivity index (χ4v) is 4.65. The van der Waals surface area contributed by atoms with E-state index in [2.05, 4.69) is 6.92 Å². The highest BCUT2D eigenvalue weighted by Gasteiger charge is 2.45. The number of hydrogen-bond donors (Lipinski definition) is 0. The van der Waals surface area contributed by atoms with Crippen molar-refractivity contribution >= 4 is 7.82 Å². The predicted molar refractivity (Wildman–Crippen MR) is 102 cm³/mol. The third-order valence-electron chi connectivity index (χ3n) is 5.05. The van der Waals surface area contributed by atoms with Gasteiger partial charge in [-0.05, 0) is 20.3 Å². The molecular weight excluding hydrogens is 335 g/mol. The molecule has 0 aromatic rings. The van der Waals surface area contributed by atoms with Crippen LogP contribution in [0.1, 0.15) is 47.5 Å². The lowest BCUT2D eigenvalue weighted by molar-refractivity contribution is -0.0134. The van der Waals surface area contributed by atoms with E-state index in [1.165, 1.54) is 0 Å². The standard InChI is InChI=1S/C20H31O4P/c1-6-7-16-22-25(21,23-19(4)14-10-8-12-17(19)2)24-20(5)15-11-9-13-18(20)3/h8-15,17-18H,6-7,16H2,1-5H3. The molecule has 0 saturated heterocycles. The van der Waals surface area contributed by atoms with Gasteiger partial charge < -0.3 is 0 Å². The van der Waals surface area contributed by atoms with Crippen molar-refractivity contribution in [3.05, 3.63) is 48.6 Å². The molecule has 0 radical (unpaired) electrons. The molecule has 0 aromatic carbocycles. The van der Waals surface area contributed by atoms with Crippen LogP contribution in [0, 0.1) is 11.8 Å². The third kappa shape index (κ3) is 5.04. The summed E-state index contributed by atoms with van der Waals surface area (Å²) in [6.07, 6.45) is 17.4. The quantitative estimate of drug-likeness (QED) is 0.391. The van der Waals surface area contributed by atoms with Gasteiger partial charge in [-0.15, -0.1) is 0 Å². The maximum atomic E-state index is 13.5. The highest BCUT2D eigenvalue weighted by atomic mass is 31.2. The van der Waals surface area contributed by atoms with Gasteiger partial charge in [0.05, 0.1) is 6.61 Å². The van der Waals surface area contributed by atoms with Crippen molar-refractivity contribution in [3.63, 3.8) is 0 Å². The normalized spacial score (nSPS) is 36.5. The largest absolute Gasteiger partial charge is 0.476 e. The lowest BCUT2D eigenvalue weighted by Crippen LogP contribution is -2.38. The molecule has 4 unspecified atom stereocenters. The van der Waals surface area contributed by atoms with Crippen LogP contribution in [0.5, 0.6) is 0 Å². The number of allylic oxidation sites excluding steroid dienone is 4. The van der Waals surface area contributed by atoms with Crippen LogP contribution in [0.25, 0.3) is 0 Å². The van der Waals surface area contributed by atoms with E-state index in [0.29, 0.717) is 6.61 Å². The predicted octanol–water partition coefficient (Wildman–Crippen LogP) is 5.99. The summed E-state index contributed by atoms with van der Waals surface area (Å²) in [6, 6.07) is 0. The number of phosphoric ester groups is 1. The molecule has 4 nitrogen and oxygen atoms in total. The summed E-state index contributed by atoms with van der Waals surface area (Å²) in [4.78, 5) is 0.